The number of aromatic nitrogens is 3. The number of pyridine rings is 1. The molecule has 0 bridgehead atoms. The van der Waals surface area contributed by atoms with Crippen LogP contribution >= 0.6 is 0 Å². The summed E-state index contributed by atoms with van der Waals surface area (Å²) in [6, 6.07) is 11.8. The number of halogens is 4. The molecule has 0 fully saturated rings. The molecule has 4 aromatic rings. The van der Waals surface area contributed by atoms with Crippen molar-refractivity contribution in [1.29, 1.82) is 0 Å². The molecule has 0 spiro atoms. The Morgan fingerprint density at radius 1 is 1.06 bits per heavy atom. The molecule has 0 unspecified atom stereocenters. The van der Waals surface area contributed by atoms with Crippen molar-refractivity contribution in [1.82, 2.24) is 20.5 Å². The summed E-state index contributed by atoms with van der Waals surface area (Å²) in [5, 5.41) is 28.2. The second-order valence-corrected chi connectivity index (χ2v) is 7.88. The number of nitrogens with zero attached hydrogens (tertiary/aromatic N) is 2. The quantitative estimate of drug-likeness (QED) is 0.276. The van der Waals surface area contributed by atoms with Crippen molar-refractivity contribution in [2.24, 2.45) is 0 Å². The lowest BCUT2D eigenvalue weighted by molar-refractivity contribution is -0.0941. The zero-order chi connectivity index (χ0) is 25.9. The van der Waals surface area contributed by atoms with Crippen molar-refractivity contribution in [3.05, 3.63) is 95.8 Å². The van der Waals surface area contributed by atoms with Crippen molar-refractivity contribution < 1.29 is 32.6 Å². The lowest BCUT2D eigenvalue weighted by Gasteiger charge is -2.30. The number of hydrogen-bond donors (Lipinski definition) is 4. The molecule has 0 saturated carbocycles. The summed E-state index contributed by atoms with van der Waals surface area (Å²) in [5.41, 5.74) is -0.419. The summed E-state index contributed by atoms with van der Waals surface area (Å²) in [5.74, 6) is -6.32. The first-order valence-electron chi connectivity index (χ1n) is 10.7. The summed E-state index contributed by atoms with van der Waals surface area (Å²) in [6.07, 6.45) is -0.938. The molecule has 4 rings (SSSR count). The number of hydrogen-bond acceptors (Lipinski definition) is 5. The van der Waals surface area contributed by atoms with E-state index in [-0.39, 0.29) is 16.8 Å². The smallest absolute Gasteiger partial charge is 0.311 e. The summed E-state index contributed by atoms with van der Waals surface area (Å²) < 4.78 is 58.5. The number of H-pyrrole nitrogens is 1. The highest BCUT2D eigenvalue weighted by molar-refractivity contribution is 6.01. The van der Waals surface area contributed by atoms with E-state index in [0.717, 1.165) is 18.3 Å². The minimum absolute atomic E-state index is 0.00619. The third kappa shape index (κ3) is 4.97. The van der Waals surface area contributed by atoms with Gasteiger partial charge in [0, 0.05) is 6.20 Å². The van der Waals surface area contributed by atoms with Crippen LogP contribution in [0, 0.1) is 11.6 Å². The molecule has 2 aromatic heterocycles. The molecular formula is C25H20F4N4O3. The fourth-order valence-corrected chi connectivity index (χ4v) is 3.67. The number of nitrogens with one attached hydrogen (secondary N) is 2. The first-order chi connectivity index (χ1) is 17.2. The van der Waals surface area contributed by atoms with E-state index in [9.17, 15) is 23.8 Å². The van der Waals surface area contributed by atoms with Gasteiger partial charge in [0.2, 0.25) is 0 Å². The minimum atomic E-state index is -3.88. The van der Waals surface area contributed by atoms with Crippen LogP contribution in [-0.2, 0) is 5.92 Å². The molecule has 11 heteroatoms. The van der Waals surface area contributed by atoms with Crippen LogP contribution in [-0.4, -0.2) is 50.1 Å². The van der Waals surface area contributed by atoms with Crippen LogP contribution < -0.4 is 5.32 Å². The molecular weight excluding hydrogens is 480 g/mol. The average Bonchev–Trinajstić information content (AvgIpc) is 3.37. The summed E-state index contributed by atoms with van der Waals surface area (Å²) in [4.78, 5) is 16.7. The van der Waals surface area contributed by atoms with Crippen LogP contribution in [0.25, 0.3) is 22.5 Å². The molecule has 0 saturated heterocycles. The average molecular weight is 500 g/mol. The zero-order valence-corrected chi connectivity index (χ0v) is 18.5. The Hall–Kier alpha value is -4.09. The number of aromatic amines is 1. The number of aliphatic hydroxyl groups is 2. The van der Waals surface area contributed by atoms with Crippen LogP contribution in [0.3, 0.4) is 0 Å². The molecule has 0 aliphatic rings. The predicted octanol–water partition coefficient (Wildman–Crippen LogP) is 3.66. The molecule has 0 aliphatic heterocycles. The number of alkyl halides is 2. The van der Waals surface area contributed by atoms with Gasteiger partial charge in [-0.05, 0) is 60.2 Å². The van der Waals surface area contributed by atoms with Gasteiger partial charge in [-0.1, -0.05) is 12.1 Å². The van der Waals surface area contributed by atoms with Gasteiger partial charge in [-0.25, -0.2) is 8.78 Å². The number of aliphatic hydroxyl groups excluding tert-OH is 2. The first kappa shape index (κ1) is 25.0. The van der Waals surface area contributed by atoms with Gasteiger partial charge in [0.1, 0.15) is 29.5 Å². The van der Waals surface area contributed by atoms with E-state index >= 15 is 8.78 Å². The monoisotopic (exact) mass is 500 g/mol. The van der Waals surface area contributed by atoms with Gasteiger partial charge in [-0.3, -0.25) is 14.9 Å². The van der Waals surface area contributed by atoms with Crippen molar-refractivity contribution in [3.63, 3.8) is 0 Å². The molecule has 1 amide bonds. The molecule has 2 aromatic carbocycles. The maximum Gasteiger partial charge on any atom is 0.311 e. The van der Waals surface area contributed by atoms with Crippen molar-refractivity contribution in [2.75, 3.05) is 6.61 Å². The fraction of sp³-hybridized carbons (Fsp3) is 0.160. The number of carbonyl (C=O) groups is 1. The number of amides is 1. The molecule has 2 heterocycles. The maximum absolute atomic E-state index is 15.2. The SMILES string of the molecule is O=C(N[C@@H]([C@H](O)CO)C(F)(F)c1ccccn1)c1cccc(F)c1-c1cc(-c2ccc(F)cc2)[nH]n1. The highest BCUT2D eigenvalue weighted by Crippen LogP contribution is 2.33. The Kier molecular flexibility index (Phi) is 7.13. The van der Waals surface area contributed by atoms with E-state index in [4.69, 9.17) is 0 Å². The number of benzene rings is 2. The molecule has 186 valence electrons. The Morgan fingerprint density at radius 3 is 2.47 bits per heavy atom. The molecule has 4 N–H and O–H groups in total. The normalized spacial score (nSPS) is 13.3. The van der Waals surface area contributed by atoms with Crippen LogP contribution in [0.4, 0.5) is 17.6 Å². The van der Waals surface area contributed by atoms with Gasteiger partial charge in [0.25, 0.3) is 5.91 Å². The molecule has 7 nitrogen and oxygen atoms in total. The van der Waals surface area contributed by atoms with Gasteiger partial charge in [-0.2, -0.15) is 13.9 Å². The lowest BCUT2D eigenvalue weighted by atomic mass is 9.98. The van der Waals surface area contributed by atoms with Crippen LogP contribution in [0.1, 0.15) is 16.1 Å². The van der Waals surface area contributed by atoms with Gasteiger partial charge < -0.3 is 15.5 Å². The fourth-order valence-electron chi connectivity index (χ4n) is 3.67. The second-order valence-electron chi connectivity index (χ2n) is 7.88. The lowest BCUT2D eigenvalue weighted by Crippen LogP contribution is -2.54. The molecule has 36 heavy (non-hydrogen) atoms. The van der Waals surface area contributed by atoms with Crippen LogP contribution in [0.2, 0.25) is 0 Å². The topological polar surface area (TPSA) is 111 Å². The molecule has 0 aliphatic carbocycles. The Morgan fingerprint density at radius 2 is 1.81 bits per heavy atom. The largest absolute Gasteiger partial charge is 0.394 e. The number of rotatable bonds is 8. The Balaban J connectivity index is 1.69. The predicted molar refractivity (Wildman–Crippen MR) is 122 cm³/mol. The van der Waals surface area contributed by atoms with E-state index in [0.29, 0.717) is 11.3 Å². The van der Waals surface area contributed by atoms with Crippen molar-refractivity contribution in [2.45, 2.75) is 18.1 Å². The van der Waals surface area contributed by atoms with Gasteiger partial charge in [0.15, 0.2) is 0 Å². The summed E-state index contributed by atoms with van der Waals surface area (Å²) >= 11 is 0. The van der Waals surface area contributed by atoms with E-state index in [1.807, 2.05) is 5.32 Å². The van der Waals surface area contributed by atoms with E-state index in [2.05, 4.69) is 15.2 Å². The van der Waals surface area contributed by atoms with E-state index in [1.54, 1.807) is 0 Å². The third-order valence-electron chi connectivity index (χ3n) is 5.50. The standard InChI is InChI=1S/C25H20F4N4O3/c26-15-9-7-14(8-10-15)18-12-19(33-32-18)22-16(4-3-5-17(22)27)24(36)31-23(20(35)13-34)25(28,29)21-6-1-2-11-30-21/h1-12,20,23,34-35H,13H2,(H,31,36)(H,32,33)/t20-,23+/m1/s1. The Bertz CT molecular complexity index is 1350. The maximum atomic E-state index is 15.2. The second kappa shape index (κ2) is 10.3. The number of carbonyl (C=O) groups excluding carboxylic acids is 1. The minimum Gasteiger partial charge on any atom is -0.394 e. The third-order valence-corrected chi connectivity index (χ3v) is 5.50. The highest BCUT2D eigenvalue weighted by Gasteiger charge is 2.47. The van der Waals surface area contributed by atoms with E-state index < -0.39 is 47.9 Å². The zero-order valence-electron chi connectivity index (χ0n) is 18.5. The van der Waals surface area contributed by atoms with Crippen LogP contribution in [0.15, 0.2) is 72.9 Å². The van der Waals surface area contributed by atoms with Crippen molar-refractivity contribution >= 4 is 5.91 Å². The molecule has 2 atom stereocenters. The van der Waals surface area contributed by atoms with Gasteiger partial charge in [0.05, 0.1) is 29.1 Å². The highest BCUT2D eigenvalue weighted by atomic mass is 19.3. The first-order valence-corrected chi connectivity index (χ1v) is 10.7. The van der Waals surface area contributed by atoms with E-state index in [1.165, 1.54) is 54.6 Å². The molecule has 0 radical (unpaired) electrons. The summed E-state index contributed by atoms with van der Waals surface area (Å²) in [7, 11) is 0. The van der Waals surface area contributed by atoms with Gasteiger partial charge in [-0.15, -0.1) is 0 Å². The summed E-state index contributed by atoms with van der Waals surface area (Å²) in [6.45, 7) is -1.08. The Labute approximate surface area is 202 Å². The van der Waals surface area contributed by atoms with Gasteiger partial charge >= 0.3 is 5.92 Å². The van der Waals surface area contributed by atoms with Crippen LogP contribution in [0.5, 0.6) is 0 Å². The van der Waals surface area contributed by atoms with Crippen molar-refractivity contribution in [3.8, 4) is 22.5 Å².